The molecule has 0 heterocycles. The summed E-state index contributed by atoms with van der Waals surface area (Å²) in [6, 6.07) is 0. The monoisotopic (exact) mass is 202 g/mol. The quantitative estimate of drug-likeness (QED) is 0.358. The highest BCUT2D eigenvalue weighted by Crippen LogP contribution is 1.95. The molecule has 0 bridgehead atoms. The molecule has 62 valence electrons. The zero-order valence-corrected chi connectivity index (χ0v) is 8.14. The Balaban J connectivity index is -0.0000000787. The molecule has 0 amide bonds. The van der Waals surface area contributed by atoms with Gasteiger partial charge in [-0.3, -0.25) is 0 Å². The van der Waals surface area contributed by atoms with Crippen LogP contribution in [0.25, 0.3) is 0 Å². The summed E-state index contributed by atoms with van der Waals surface area (Å²) in [5, 5.41) is 0.000000000000000222. The lowest BCUT2D eigenvalue weighted by atomic mass is 11.0. The van der Waals surface area contributed by atoms with Gasteiger partial charge in [-0.15, -0.1) is 36.4 Å². The number of thiocarbonyl (C=S) groups is 1. The fourth-order valence-corrected chi connectivity index (χ4v) is 0. The number of hydrogen-bond acceptors (Lipinski definition) is 1. The Labute approximate surface area is 77.2 Å². The molecule has 0 aliphatic rings. The Kier molecular flexibility index (Phi) is 26.5. The Morgan fingerprint density at radius 1 is 1.40 bits per heavy atom. The molecule has 0 aromatic carbocycles. The minimum atomic E-state index is -0.222. The van der Waals surface area contributed by atoms with Crippen LogP contribution in [0.15, 0.2) is 13.2 Å². The van der Waals surface area contributed by atoms with Crippen LogP contribution in [0.1, 0.15) is 6.92 Å². The summed E-state index contributed by atoms with van der Waals surface area (Å²) in [6.45, 7) is 7.70. The Morgan fingerprint density at radius 2 is 1.40 bits per heavy atom. The van der Waals surface area contributed by atoms with Crippen molar-refractivity contribution >= 4 is 40.5 Å². The van der Waals surface area contributed by atoms with Crippen molar-refractivity contribution in [1.29, 1.82) is 0 Å². The maximum atomic E-state index is 5.04. The van der Waals surface area contributed by atoms with Crippen LogP contribution < -0.4 is 11.5 Å². The summed E-state index contributed by atoms with van der Waals surface area (Å²) in [5.74, 6) is 0. The Bertz CT molecular complexity index is 71.3. The van der Waals surface area contributed by atoms with E-state index in [1.807, 2.05) is 0 Å². The molecule has 0 aliphatic heterocycles. The third-order valence-electron chi connectivity index (χ3n) is 0. The second kappa shape index (κ2) is 16.0. The highest BCUT2D eigenvalue weighted by molar-refractivity contribution is 7.80. The SMILES string of the molecule is C=C.CC(Cl)Cl.NC(N)=S. The topological polar surface area (TPSA) is 52.0 Å². The van der Waals surface area contributed by atoms with Gasteiger partial charge in [0.05, 0.1) is 0 Å². The molecule has 10 heavy (non-hydrogen) atoms. The van der Waals surface area contributed by atoms with E-state index in [-0.39, 0.29) is 9.95 Å². The largest absolute Gasteiger partial charge is 0.377 e. The third kappa shape index (κ3) is 3940000. The first-order valence-electron chi connectivity index (χ1n) is 2.30. The first-order chi connectivity index (χ1) is 4.46. The van der Waals surface area contributed by atoms with Crippen molar-refractivity contribution < 1.29 is 0 Å². The first kappa shape index (κ1) is 16.5. The van der Waals surface area contributed by atoms with Crippen LogP contribution in [-0.2, 0) is 0 Å². The summed E-state index contributed by atoms with van der Waals surface area (Å²) in [4.78, 5) is -0.222. The molecule has 0 radical (unpaired) electrons. The summed E-state index contributed by atoms with van der Waals surface area (Å²) in [6.07, 6.45) is 0. The summed E-state index contributed by atoms with van der Waals surface area (Å²) in [7, 11) is 0. The molecular formula is C5H12Cl2N2S. The van der Waals surface area contributed by atoms with Gasteiger partial charge in [-0.25, -0.2) is 0 Å². The zero-order valence-electron chi connectivity index (χ0n) is 5.81. The third-order valence-corrected chi connectivity index (χ3v) is 0. The van der Waals surface area contributed by atoms with Gasteiger partial charge in [-0.2, -0.15) is 0 Å². The lowest BCUT2D eigenvalue weighted by molar-refractivity contribution is 1.39. The predicted octanol–water partition coefficient (Wildman–Crippen LogP) is 1.80. The van der Waals surface area contributed by atoms with Crippen molar-refractivity contribution in [1.82, 2.24) is 0 Å². The van der Waals surface area contributed by atoms with Crippen LogP contribution in [0.2, 0.25) is 0 Å². The summed E-state index contributed by atoms with van der Waals surface area (Å²) in [5.41, 5.74) is 9.24. The normalized spacial score (nSPS) is 6.40. The van der Waals surface area contributed by atoms with E-state index in [0.29, 0.717) is 0 Å². The van der Waals surface area contributed by atoms with Gasteiger partial charge in [0.25, 0.3) is 0 Å². The molecule has 0 saturated carbocycles. The number of hydrogen-bond donors (Lipinski definition) is 2. The minimum Gasteiger partial charge on any atom is -0.377 e. The van der Waals surface area contributed by atoms with Gasteiger partial charge in [0.15, 0.2) is 5.11 Å². The van der Waals surface area contributed by atoms with Gasteiger partial charge < -0.3 is 11.5 Å². The van der Waals surface area contributed by atoms with Gasteiger partial charge in [-0.1, -0.05) is 0 Å². The highest BCUT2D eigenvalue weighted by atomic mass is 35.5. The molecule has 5 heteroatoms. The van der Waals surface area contributed by atoms with Crippen LogP contribution >= 0.6 is 35.4 Å². The van der Waals surface area contributed by atoms with E-state index in [4.69, 9.17) is 23.2 Å². The van der Waals surface area contributed by atoms with E-state index in [0.717, 1.165) is 0 Å². The molecule has 2 nitrogen and oxygen atoms in total. The highest BCUT2D eigenvalue weighted by Gasteiger charge is 1.75. The Morgan fingerprint density at radius 3 is 1.40 bits per heavy atom. The van der Waals surface area contributed by atoms with Gasteiger partial charge in [0.1, 0.15) is 4.84 Å². The van der Waals surface area contributed by atoms with Crippen molar-refractivity contribution in [3.8, 4) is 0 Å². The molecule has 0 aromatic rings. The van der Waals surface area contributed by atoms with Crippen LogP contribution in [-0.4, -0.2) is 9.95 Å². The van der Waals surface area contributed by atoms with E-state index >= 15 is 0 Å². The van der Waals surface area contributed by atoms with E-state index in [9.17, 15) is 0 Å². The minimum absolute atomic E-state index is 0.000000000000000222. The molecule has 0 fully saturated rings. The molecule has 0 aliphatic carbocycles. The summed E-state index contributed by atoms with van der Waals surface area (Å²) < 4.78 is 0. The molecule has 0 aromatic heterocycles. The van der Waals surface area contributed by atoms with E-state index < -0.39 is 0 Å². The second-order valence-electron chi connectivity index (χ2n) is 0.921. The standard InChI is InChI=1S/C2H4Cl2.C2H4.CH4N2S/c1-2(3)4;1-2;2-1(3)4/h2H,1H3;1-2H2;(H4,2,3,4). The van der Waals surface area contributed by atoms with Crippen molar-refractivity contribution in [2.24, 2.45) is 11.5 Å². The van der Waals surface area contributed by atoms with E-state index in [1.54, 1.807) is 6.92 Å². The van der Waals surface area contributed by atoms with Gasteiger partial charge in [-0.05, 0) is 19.1 Å². The predicted molar refractivity (Wildman–Crippen MR) is 53.4 cm³/mol. The van der Waals surface area contributed by atoms with Crippen molar-refractivity contribution in [3.63, 3.8) is 0 Å². The number of rotatable bonds is 0. The lowest BCUT2D eigenvalue weighted by Crippen LogP contribution is -2.18. The van der Waals surface area contributed by atoms with E-state index in [1.165, 1.54) is 0 Å². The maximum Gasteiger partial charge on any atom is 0.160 e. The molecule has 0 unspecified atom stereocenters. The fourth-order valence-electron chi connectivity index (χ4n) is 0. The second-order valence-corrected chi connectivity index (χ2v) is 2.93. The summed E-state index contributed by atoms with van der Waals surface area (Å²) >= 11 is 14.2. The molecule has 0 atom stereocenters. The molecule has 4 N–H and O–H groups in total. The average molecular weight is 203 g/mol. The van der Waals surface area contributed by atoms with Gasteiger partial charge >= 0.3 is 0 Å². The maximum absolute atomic E-state index is 5.04. The van der Waals surface area contributed by atoms with Gasteiger partial charge in [0.2, 0.25) is 0 Å². The molecule has 0 spiro atoms. The van der Waals surface area contributed by atoms with Crippen LogP contribution in [0.5, 0.6) is 0 Å². The molecule has 0 saturated heterocycles. The number of alkyl halides is 2. The Hall–Kier alpha value is 0.01000. The fraction of sp³-hybridized carbons (Fsp3) is 0.400. The van der Waals surface area contributed by atoms with E-state index in [2.05, 4.69) is 36.8 Å². The molecular weight excluding hydrogens is 191 g/mol. The molecule has 0 rings (SSSR count). The van der Waals surface area contributed by atoms with Crippen LogP contribution in [0.3, 0.4) is 0 Å². The average Bonchev–Trinajstić information content (AvgIpc) is 1.66. The number of nitrogens with two attached hydrogens (primary N) is 2. The lowest BCUT2D eigenvalue weighted by Gasteiger charge is -1.72. The first-order valence-corrected chi connectivity index (χ1v) is 3.58. The van der Waals surface area contributed by atoms with Gasteiger partial charge in [0, 0.05) is 0 Å². The van der Waals surface area contributed by atoms with Crippen LogP contribution in [0, 0.1) is 0 Å². The van der Waals surface area contributed by atoms with Crippen molar-refractivity contribution in [2.45, 2.75) is 11.8 Å². The zero-order chi connectivity index (χ0) is 9.15. The van der Waals surface area contributed by atoms with Crippen molar-refractivity contribution in [2.75, 3.05) is 0 Å². The van der Waals surface area contributed by atoms with Crippen molar-refractivity contribution in [3.05, 3.63) is 13.2 Å². The van der Waals surface area contributed by atoms with Crippen LogP contribution in [0.4, 0.5) is 0 Å². The number of halogens is 2. The smallest absolute Gasteiger partial charge is 0.160 e.